The quantitative estimate of drug-likeness (QED) is 0.144. The number of benzene rings is 8. The zero-order valence-corrected chi connectivity index (χ0v) is 31.2. The Bertz CT molecular complexity index is 2420. The summed E-state index contributed by atoms with van der Waals surface area (Å²) in [7, 11) is 0. The summed E-state index contributed by atoms with van der Waals surface area (Å²) in [4.78, 5) is 2.47. The Hall–Kier alpha value is -7.22. The minimum Gasteiger partial charge on any atom is -0.310 e. The maximum Gasteiger partial charge on any atom is 0.0473 e. The van der Waals surface area contributed by atoms with Gasteiger partial charge in [-0.05, 0) is 122 Å². The van der Waals surface area contributed by atoms with E-state index in [1.54, 1.807) is 0 Å². The molecule has 0 unspecified atom stereocenters. The van der Waals surface area contributed by atoms with E-state index in [0.717, 1.165) is 45.7 Å². The van der Waals surface area contributed by atoms with E-state index >= 15 is 0 Å². The van der Waals surface area contributed by atoms with Crippen molar-refractivity contribution < 1.29 is 0 Å². The average Bonchev–Trinajstić information content (AvgIpc) is 3.51. The topological polar surface area (TPSA) is 3.24 Å². The second-order valence-corrected chi connectivity index (χ2v) is 14.2. The van der Waals surface area contributed by atoms with Crippen molar-refractivity contribution in [2.24, 2.45) is 0 Å². The van der Waals surface area contributed by atoms with Crippen LogP contribution in [0.3, 0.4) is 0 Å². The van der Waals surface area contributed by atoms with Gasteiger partial charge in [-0.1, -0.05) is 188 Å². The molecule has 0 heterocycles. The van der Waals surface area contributed by atoms with Crippen LogP contribution in [-0.4, -0.2) is 0 Å². The molecule has 1 nitrogen and oxygen atoms in total. The summed E-state index contributed by atoms with van der Waals surface area (Å²) >= 11 is 0. The van der Waals surface area contributed by atoms with E-state index in [0.29, 0.717) is 0 Å². The molecule has 0 aliphatic heterocycles. The lowest BCUT2D eigenvalue weighted by Crippen LogP contribution is -2.16. The third-order valence-corrected chi connectivity index (χ3v) is 10.5. The van der Waals surface area contributed by atoms with Crippen LogP contribution in [0.2, 0.25) is 0 Å². The highest BCUT2D eigenvalue weighted by atomic mass is 15.1. The van der Waals surface area contributed by atoms with Crippen LogP contribution >= 0.6 is 0 Å². The van der Waals surface area contributed by atoms with Crippen LogP contribution in [0.25, 0.3) is 55.7 Å². The number of rotatable bonds is 9. The third kappa shape index (κ3) is 7.57. The Morgan fingerprint density at radius 3 is 0.964 bits per heavy atom. The molecule has 0 aromatic heterocycles. The van der Waals surface area contributed by atoms with Crippen LogP contribution in [0.15, 0.2) is 242 Å². The van der Waals surface area contributed by atoms with Gasteiger partial charge in [-0.25, -0.2) is 0 Å². The first kappa shape index (κ1) is 34.5. The second kappa shape index (κ2) is 16.0. The fourth-order valence-corrected chi connectivity index (χ4v) is 7.65. The summed E-state index contributed by atoms with van der Waals surface area (Å²) in [6.45, 7) is 0. The van der Waals surface area contributed by atoms with Gasteiger partial charge in [0.1, 0.15) is 0 Å². The van der Waals surface area contributed by atoms with Crippen LogP contribution in [0.5, 0.6) is 0 Å². The number of anilines is 2. The normalized spacial score (nSPS) is 12.5. The van der Waals surface area contributed by atoms with Crippen LogP contribution in [0.1, 0.15) is 17.5 Å². The molecule has 1 aliphatic rings. The smallest absolute Gasteiger partial charge is 0.0473 e. The van der Waals surface area contributed by atoms with Gasteiger partial charge in [0, 0.05) is 17.1 Å². The minimum absolute atomic E-state index is 0.806. The summed E-state index contributed by atoms with van der Waals surface area (Å²) in [6.07, 6.45) is 7.96. The number of nitrogens with zero attached hydrogens (tertiary/aromatic N) is 1. The largest absolute Gasteiger partial charge is 0.310 e. The van der Waals surface area contributed by atoms with E-state index in [2.05, 4.69) is 242 Å². The van der Waals surface area contributed by atoms with Gasteiger partial charge in [0.15, 0.2) is 0 Å². The van der Waals surface area contributed by atoms with Crippen molar-refractivity contribution in [1.82, 2.24) is 0 Å². The van der Waals surface area contributed by atoms with Crippen LogP contribution in [-0.2, 0) is 0 Å². The molecule has 0 amide bonds. The molecule has 0 saturated carbocycles. The number of allylic oxidation sites excluding steroid dienone is 5. The summed E-state index contributed by atoms with van der Waals surface area (Å²) in [5.41, 5.74) is 17.5. The molecule has 266 valence electrons. The Kier molecular flexibility index (Phi) is 9.88. The molecular weight excluding hydrogens is 675 g/mol. The lowest BCUT2D eigenvalue weighted by Gasteiger charge is -2.29. The molecule has 56 heavy (non-hydrogen) atoms. The molecule has 0 fully saturated rings. The van der Waals surface area contributed by atoms with E-state index in [9.17, 15) is 0 Å². The van der Waals surface area contributed by atoms with E-state index < -0.39 is 0 Å². The van der Waals surface area contributed by atoms with Gasteiger partial charge in [-0.15, -0.1) is 0 Å². The fraction of sp³-hybridized carbons (Fsp3) is 0.0182. The fourth-order valence-electron chi connectivity index (χ4n) is 7.65. The first-order chi connectivity index (χ1) is 27.7. The van der Waals surface area contributed by atoms with Crippen molar-refractivity contribution >= 4 is 22.5 Å². The highest BCUT2D eigenvalue weighted by Gasteiger charge is 2.21. The van der Waals surface area contributed by atoms with Gasteiger partial charge in [0.25, 0.3) is 0 Å². The summed E-state index contributed by atoms with van der Waals surface area (Å²) in [6, 6.07) is 78.6. The summed E-state index contributed by atoms with van der Waals surface area (Å²) in [5.74, 6) is 0. The molecule has 0 atom stereocenters. The Morgan fingerprint density at radius 1 is 0.286 bits per heavy atom. The monoisotopic (exact) mass is 715 g/mol. The van der Waals surface area contributed by atoms with Crippen molar-refractivity contribution in [3.63, 3.8) is 0 Å². The van der Waals surface area contributed by atoms with Crippen LogP contribution in [0.4, 0.5) is 11.4 Å². The summed E-state index contributed by atoms with van der Waals surface area (Å²) < 4.78 is 0. The predicted molar refractivity (Wildman–Crippen MR) is 238 cm³/mol. The first-order valence-corrected chi connectivity index (χ1v) is 19.3. The number of hydrogen-bond acceptors (Lipinski definition) is 1. The maximum absolute atomic E-state index is 2.47. The van der Waals surface area contributed by atoms with Crippen molar-refractivity contribution in [1.29, 1.82) is 0 Å². The molecular formula is C55H41N. The molecule has 0 saturated heterocycles. The molecule has 9 rings (SSSR count). The van der Waals surface area contributed by atoms with Crippen molar-refractivity contribution in [2.45, 2.75) is 6.42 Å². The predicted octanol–water partition coefficient (Wildman–Crippen LogP) is 14.9. The SMILES string of the molecule is C1=C(c2ccccc2)C=C(N(c2cc(-c3ccccc3)cc(-c3ccccc3)c2)c2cc(-c3ccccc3)cc(-c3ccccc3)c2)C=C(c2ccccc2)C1. The molecule has 1 heteroatoms. The molecule has 0 bridgehead atoms. The molecule has 1 aliphatic carbocycles. The minimum atomic E-state index is 0.806. The van der Waals surface area contributed by atoms with Crippen LogP contribution in [0, 0.1) is 0 Å². The van der Waals surface area contributed by atoms with E-state index in [4.69, 9.17) is 0 Å². The first-order valence-electron chi connectivity index (χ1n) is 19.3. The van der Waals surface area contributed by atoms with Crippen molar-refractivity contribution in [2.75, 3.05) is 4.90 Å². The Morgan fingerprint density at radius 2 is 0.607 bits per heavy atom. The zero-order valence-electron chi connectivity index (χ0n) is 31.2. The maximum atomic E-state index is 2.47. The standard InChI is InChI=1S/C55H41N/c1-7-19-41(20-8-1)47-31-32-48(42-21-9-2-10-22-42)36-53(35-47)56(54-37-49(43-23-11-3-12-24-43)33-50(38-54)44-25-13-4-14-26-44)55-39-51(45-27-15-5-16-28-45)34-52(40-55)46-29-17-6-18-30-46/h1-31,33-40H,32H2. The Labute approximate surface area is 330 Å². The molecule has 0 radical (unpaired) electrons. The van der Waals surface area contributed by atoms with Gasteiger partial charge < -0.3 is 4.90 Å². The second-order valence-electron chi connectivity index (χ2n) is 14.2. The summed E-state index contributed by atoms with van der Waals surface area (Å²) in [5, 5.41) is 0. The highest BCUT2D eigenvalue weighted by molar-refractivity contribution is 5.90. The van der Waals surface area contributed by atoms with E-state index in [-0.39, 0.29) is 0 Å². The molecule has 8 aromatic rings. The lowest BCUT2D eigenvalue weighted by atomic mass is 9.95. The average molecular weight is 716 g/mol. The number of hydrogen-bond donors (Lipinski definition) is 0. The highest BCUT2D eigenvalue weighted by Crippen LogP contribution is 2.43. The van der Waals surface area contributed by atoms with E-state index in [1.807, 2.05) is 0 Å². The third-order valence-electron chi connectivity index (χ3n) is 10.5. The molecule has 8 aromatic carbocycles. The van der Waals surface area contributed by atoms with Gasteiger partial charge in [0.2, 0.25) is 0 Å². The van der Waals surface area contributed by atoms with Gasteiger partial charge in [-0.2, -0.15) is 0 Å². The molecule has 0 spiro atoms. The van der Waals surface area contributed by atoms with Gasteiger partial charge >= 0.3 is 0 Å². The lowest BCUT2D eigenvalue weighted by molar-refractivity contribution is 1.21. The zero-order chi connectivity index (χ0) is 37.5. The molecule has 0 N–H and O–H groups in total. The van der Waals surface area contributed by atoms with Crippen molar-refractivity contribution in [3.05, 3.63) is 253 Å². The van der Waals surface area contributed by atoms with E-state index in [1.165, 1.54) is 44.5 Å². The van der Waals surface area contributed by atoms with Crippen LogP contribution < -0.4 is 4.90 Å². The Balaban J connectivity index is 1.36. The van der Waals surface area contributed by atoms with Gasteiger partial charge in [-0.3, -0.25) is 0 Å². The van der Waals surface area contributed by atoms with Gasteiger partial charge in [0.05, 0.1) is 0 Å². The van der Waals surface area contributed by atoms with Crippen molar-refractivity contribution in [3.8, 4) is 44.5 Å².